The molecule has 0 aliphatic carbocycles. The number of benzene rings is 3. The lowest BCUT2D eigenvalue weighted by Gasteiger charge is -2.30. The van der Waals surface area contributed by atoms with E-state index in [9.17, 15) is 36.0 Å². The minimum atomic E-state index is -4.63. The first kappa shape index (κ1) is 28.2. The number of aryl methyl sites for hydroxylation is 1. The standard InChI is InChI=1S/C28H25F3N2O5S/c1-3-24(34)23(16-33-26(35)21-6-4-5-7-22(21)27(33)36)25(18-10-12-19(13-11-18)28(29,30)31)32-39(37,38)20-14-8-17(2)9-15-20/h4-15,23,25,32H,3,16H2,1-2H3/t23-,25+/m0/s1. The van der Waals surface area contributed by atoms with Crippen LogP contribution < -0.4 is 4.72 Å². The van der Waals surface area contributed by atoms with Crippen molar-refractivity contribution in [3.63, 3.8) is 0 Å². The molecule has 3 aromatic rings. The van der Waals surface area contributed by atoms with Gasteiger partial charge >= 0.3 is 6.18 Å². The maximum absolute atomic E-state index is 13.4. The Balaban J connectivity index is 1.77. The van der Waals surface area contributed by atoms with Crippen LogP contribution in [0.4, 0.5) is 13.2 Å². The van der Waals surface area contributed by atoms with Gasteiger partial charge in [-0.15, -0.1) is 0 Å². The molecular formula is C28H25F3N2O5S. The van der Waals surface area contributed by atoms with E-state index in [0.29, 0.717) is 0 Å². The van der Waals surface area contributed by atoms with Gasteiger partial charge in [0.15, 0.2) is 0 Å². The molecule has 11 heteroatoms. The van der Waals surface area contributed by atoms with Gasteiger partial charge in [-0.3, -0.25) is 19.3 Å². The molecule has 0 spiro atoms. The van der Waals surface area contributed by atoms with Gasteiger partial charge in [-0.1, -0.05) is 48.9 Å². The maximum Gasteiger partial charge on any atom is 0.416 e. The number of fused-ring (bicyclic) bond motifs is 1. The molecule has 0 aromatic heterocycles. The van der Waals surface area contributed by atoms with Gasteiger partial charge < -0.3 is 0 Å². The molecule has 1 heterocycles. The second-order valence-corrected chi connectivity index (χ2v) is 10.9. The Morgan fingerprint density at radius 1 is 0.897 bits per heavy atom. The molecule has 4 rings (SSSR count). The van der Waals surface area contributed by atoms with Crippen LogP contribution in [0, 0.1) is 12.8 Å². The molecule has 0 radical (unpaired) electrons. The lowest BCUT2D eigenvalue weighted by Crippen LogP contribution is -2.44. The quantitative estimate of drug-likeness (QED) is 0.376. The fourth-order valence-corrected chi connectivity index (χ4v) is 5.74. The number of nitrogens with one attached hydrogen (secondary N) is 1. The van der Waals surface area contributed by atoms with E-state index >= 15 is 0 Å². The van der Waals surface area contributed by atoms with Gasteiger partial charge in [0.1, 0.15) is 5.78 Å². The van der Waals surface area contributed by atoms with Crippen LogP contribution in [0.25, 0.3) is 0 Å². The molecular weight excluding hydrogens is 533 g/mol. The number of rotatable bonds is 9. The van der Waals surface area contributed by atoms with Gasteiger partial charge in [0.05, 0.1) is 33.5 Å². The minimum absolute atomic E-state index is 0.0714. The van der Waals surface area contributed by atoms with E-state index in [0.717, 1.165) is 34.7 Å². The third-order valence-electron chi connectivity index (χ3n) is 6.63. The number of alkyl halides is 3. The average molecular weight is 559 g/mol. The van der Waals surface area contributed by atoms with Crippen LogP contribution in [-0.2, 0) is 21.0 Å². The van der Waals surface area contributed by atoms with Crippen molar-refractivity contribution < 1.29 is 36.0 Å². The van der Waals surface area contributed by atoms with Crippen LogP contribution in [0.5, 0.6) is 0 Å². The predicted molar refractivity (Wildman–Crippen MR) is 136 cm³/mol. The summed E-state index contributed by atoms with van der Waals surface area (Å²) in [5.74, 6) is -3.05. The van der Waals surface area contributed by atoms with Gasteiger partial charge in [-0.2, -0.15) is 13.2 Å². The van der Waals surface area contributed by atoms with Gasteiger partial charge in [0.25, 0.3) is 11.8 Å². The number of carbonyl (C=O) groups is 3. The number of hydrogen-bond acceptors (Lipinski definition) is 5. The van der Waals surface area contributed by atoms with Crippen molar-refractivity contribution >= 4 is 27.6 Å². The molecule has 2 atom stereocenters. The van der Waals surface area contributed by atoms with Crippen molar-refractivity contribution in [3.05, 3.63) is 101 Å². The molecule has 1 N–H and O–H groups in total. The highest BCUT2D eigenvalue weighted by molar-refractivity contribution is 7.89. The predicted octanol–water partition coefficient (Wildman–Crippen LogP) is 4.92. The lowest BCUT2D eigenvalue weighted by molar-refractivity contribution is -0.137. The monoisotopic (exact) mass is 558 g/mol. The van der Waals surface area contributed by atoms with Crippen molar-refractivity contribution in [2.75, 3.05) is 6.54 Å². The summed E-state index contributed by atoms with van der Waals surface area (Å²) in [5, 5.41) is 0. The van der Waals surface area contributed by atoms with E-state index in [1.807, 2.05) is 0 Å². The molecule has 204 valence electrons. The Kier molecular flexibility index (Phi) is 7.76. The molecule has 0 bridgehead atoms. The second-order valence-electron chi connectivity index (χ2n) is 9.22. The highest BCUT2D eigenvalue weighted by Crippen LogP contribution is 2.34. The van der Waals surface area contributed by atoms with Gasteiger partial charge in [0.2, 0.25) is 10.0 Å². The van der Waals surface area contributed by atoms with Crippen LogP contribution in [0.15, 0.2) is 77.7 Å². The molecule has 1 aliphatic rings. The van der Waals surface area contributed by atoms with E-state index in [2.05, 4.69) is 4.72 Å². The Morgan fingerprint density at radius 3 is 1.92 bits per heavy atom. The zero-order valence-corrected chi connectivity index (χ0v) is 21.8. The van der Waals surface area contributed by atoms with Gasteiger partial charge in [0, 0.05) is 13.0 Å². The van der Waals surface area contributed by atoms with Crippen molar-refractivity contribution in [2.24, 2.45) is 5.92 Å². The Bertz CT molecular complexity index is 1480. The number of nitrogens with zero attached hydrogens (tertiary/aromatic N) is 1. The smallest absolute Gasteiger partial charge is 0.299 e. The van der Waals surface area contributed by atoms with Crippen molar-refractivity contribution in [3.8, 4) is 0 Å². The normalized spacial score (nSPS) is 15.3. The Labute approximate surface area is 223 Å². The SMILES string of the molecule is CCC(=O)[C@H](CN1C(=O)c2ccccc2C1=O)[C@H](NS(=O)(=O)c1ccc(C)cc1)c1ccc(C(F)(F)F)cc1. The van der Waals surface area contributed by atoms with Crippen LogP contribution in [-0.4, -0.2) is 37.5 Å². The summed E-state index contributed by atoms with van der Waals surface area (Å²) >= 11 is 0. The number of halogens is 3. The van der Waals surface area contributed by atoms with Crippen LogP contribution in [0.2, 0.25) is 0 Å². The molecule has 1 aliphatic heterocycles. The fourth-order valence-electron chi connectivity index (χ4n) is 4.47. The Morgan fingerprint density at radius 2 is 1.44 bits per heavy atom. The molecule has 0 unspecified atom stereocenters. The summed E-state index contributed by atoms with van der Waals surface area (Å²) < 4.78 is 68.9. The number of imide groups is 1. The van der Waals surface area contributed by atoms with E-state index in [1.165, 1.54) is 31.2 Å². The Hall–Kier alpha value is -3.83. The summed E-state index contributed by atoms with van der Waals surface area (Å²) in [6, 6.07) is 14.4. The zero-order valence-electron chi connectivity index (χ0n) is 21.0. The van der Waals surface area contributed by atoms with Crippen LogP contribution >= 0.6 is 0 Å². The summed E-state index contributed by atoms with van der Waals surface area (Å²) in [6.07, 6.45) is -4.70. The van der Waals surface area contributed by atoms with E-state index < -0.39 is 57.9 Å². The molecule has 0 saturated heterocycles. The first-order valence-electron chi connectivity index (χ1n) is 12.1. The highest BCUT2D eigenvalue weighted by atomic mass is 32.2. The summed E-state index contributed by atoms with van der Waals surface area (Å²) in [7, 11) is -4.28. The fraction of sp³-hybridized carbons (Fsp3) is 0.250. The minimum Gasteiger partial charge on any atom is -0.299 e. The van der Waals surface area contributed by atoms with Gasteiger partial charge in [-0.05, 0) is 48.9 Å². The molecule has 7 nitrogen and oxygen atoms in total. The summed E-state index contributed by atoms with van der Waals surface area (Å²) in [4.78, 5) is 40.1. The summed E-state index contributed by atoms with van der Waals surface area (Å²) in [5.41, 5.74) is 0.220. The third-order valence-corrected chi connectivity index (χ3v) is 8.09. The van der Waals surface area contributed by atoms with Crippen LogP contribution in [0.1, 0.15) is 56.8 Å². The van der Waals surface area contributed by atoms with Crippen molar-refractivity contribution in [2.45, 2.75) is 37.4 Å². The molecule has 0 fully saturated rings. The largest absolute Gasteiger partial charge is 0.416 e. The molecule has 0 saturated carbocycles. The zero-order chi connectivity index (χ0) is 28.5. The number of ketones is 1. The summed E-state index contributed by atoms with van der Waals surface area (Å²) in [6.45, 7) is 2.84. The molecule has 2 amide bonds. The first-order valence-corrected chi connectivity index (χ1v) is 13.6. The lowest BCUT2D eigenvalue weighted by atomic mass is 9.88. The van der Waals surface area contributed by atoms with Crippen molar-refractivity contribution in [1.29, 1.82) is 0 Å². The highest BCUT2D eigenvalue weighted by Gasteiger charge is 2.41. The maximum atomic E-state index is 13.4. The van der Waals surface area contributed by atoms with Crippen LogP contribution in [0.3, 0.4) is 0 Å². The molecule has 39 heavy (non-hydrogen) atoms. The van der Waals surface area contributed by atoms with E-state index in [4.69, 9.17) is 0 Å². The third kappa shape index (κ3) is 5.79. The van der Waals surface area contributed by atoms with E-state index in [1.54, 1.807) is 31.2 Å². The van der Waals surface area contributed by atoms with Gasteiger partial charge in [-0.25, -0.2) is 13.1 Å². The molecule has 3 aromatic carbocycles. The van der Waals surface area contributed by atoms with Crippen molar-refractivity contribution in [1.82, 2.24) is 9.62 Å². The van der Waals surface area contributed by atoms with E-state index in [-0.39, 0.29) is 28.0 Å². The average Bonchev–Trinajstić information content (AvgIpc) is 3.14. The number of Topliss-reactive ketones (excluding diaryl/α,β-unsaturated/α-hetero) is 1. The first-order chi connectivity index (χ1) is 18.3. The second kappa shape index (κ2) is 10.7. The number of hydrogen-bond donors (Lipinski definition) is 1. The number of sulfonamides is 1. The topological polar surface area (TPSA) is 101 Å². The number of amides is 2. The number of carbonyl (C=O) groups excluding carboxylic acids is 3.